The molecule has 0 amide bonds. The minimum absolute atomic E-state index is 0.708. The molecule has 5 nitrogen and oxygen atoms in total. The SMILES string of the molecule is CCCc1nccn1CCn1cc(N)cn1. The van der Waals surface area contributed by atoms with E-state index >= 15 is 0 Å². The van der Waals surface area contributed by atoms with Gasteiger partial charge >= 0.3 is 0 Å². The summed E-state index contributed by atoms with van der Waals surface area (Å²) >= 11 is 0. The molecule has 0 aliphatic rings. The first-order valence-corrected chi connectivity index (χ1v) is 5.57. The number of nitrogens with zero attached hydrogens (tertiary/aromatic N) is 4. The second-order valence-electron chi connectivity index (χ2n) is 3.82. The predicted octanol–water partition coefficient (Wildman–Crippen LogP) is 1.31. The summed E-state index contributed by atoms with van der Waals surface area (Å²) in [4.78, 5) is 4.33. The highest BCUT2D eigenvalue weighted by atomic mass is 15.3. The molecule has 0 unspecified atom stereocenters. The van der Waals surface area contributed by atoms with Crippen molar-refractivity contribution in [1.82, 2.24) is 19.3 Å². The molecule has 0 atom stereocenters. The fourth-order valence-corrected chi connectivity index (χ4v) is 1.71. The Hall–Kier alpha value is -1.78. The second-order valence-corrected chi connectivity index (χ2v) is 3.82. The highest BCUT2D eigenvalue weighted by molar-refractivity contribution is 5.30. The van der Waals surface area contributed by atoms with Crippen LogP contribution >= 0.6 is 0 Å². The van der Waals surface area contributed by atoms with Crippen molar-refractivity contribution in [2.75, 3.05) is 5.73 Å². The van der Waals surface area contributed by atoms with Crippen molar-refractivity contribution < 1.29 is 0 Å². The van der Waals surface area contributed by atoms with Gasteiger partial charge in [0.25, 0.3) is 0 Å². The van der Waals surface area contributed by atoms with Crippen LogP contribution in [0.4, 0.5) is 5.69 Å². The van der Waals surface area contributed by atoms with Crippen LogP contribution in [0.25, 0.3) is 0 Å². The number of nitrogens with two attached hydrogens (primary N) is 1. The molecule has 2 heterocycles. The van der Waals surface area contributed by atoms with E-state index in [2.05, 4.69) is 21.6 Å². The van der Waals surface area contributed by atoms with Crippen LogP contribution in [-0.2, 0) is 19.5 Å². The molecule has 0 spiro atoms. The van der Waals surface area contributed by atoms with Crippen molar-refractivity contribution in [3.63, 3.8) is 0 Å². The van der Waals surface area contributed by atoms with E-state index in [9.17, 15) is 0 Å². The third kappa shape index (κ3) is 2.42. The molecule has 2 aromatic heterocycles. The Morgan fingerprint density at radius 1 is 1.38 bits per heavy atom. The van der Waals surface area contributed by atoms with Gasteiger partial charge in [-0.1, -0.05) is 6.92 Å². The van der Waals surface area contributed by atoms with Crippen molar-refractivity contribution in [2.24, 2.45) is 0 Å². The largest absolute Gasteiger partial charge is 0.396 e. The Morgan fingerprint density at radius 2 is 2.25 bits per heavy atom. The lowest BCUT2D eigenvalue weighted by Crippen LogP contribution is -2.10. The summed E-state index contributed by atoms with van der Waals surface area (Å²) < 4.78 is 4.02. The van der Waals surface area contributed by atoms with Gasteiger partial charge in [-0.15, -0.1) is 0 Å². The van der Waals surface area contributed by atoms with Gasteiger partial charge in [0.2, 0.25) is 0 Å². The Bertz CT molecular complexity index is 443. The van der Waals surface area contributed by atoms with Crippen molar-refractivity contribution in [3.05, 3.63) is 30.6 Å². The fraction of sp³-hybridized carbons (Fsp3) is 0.455. The average Bonchev–Trinajstić information content (AvgIpc) is 2.85. The van der Waals surface area contributed by atoms with Crippen LogP contribution in [-0.4, -0.2) is 19.3 Å². The molecule has 0 bridgehead atoms. The third-order valence-electron chi connectivity index (χ3n) is 2.50. The molecule has 0 aliphatic carbocycles. The molecule has 2 rings (SSSR count). The van der Waals surface area contributed by atoms with E-state index in [1.165, 1.54) is 0 Å². The summed E-state index contributed by atoms with van der Waals surface area (Å²) in [6.45, 7) is 3.87. The number of nitrogen functional groups attached to an aromatic ring is 1. The molecule has 0 radical (unpaired) electrons. The van der Waals surface area contributed by atoms with E-state index in [0.717, 1.165) is 31.8 Å². The lowest BCUT2D eigenvalue weighted by Gasteiger charge is -2.06. The van der Waals surface area contributed by atoms with Gasteiger partial charge in [-0.25, -0.2) is 4.98 Å². The maximum absolute atomic E-state index is 5.60. The number of imidazole rings is 1. The molecule has 0 aromatic carbocycles. The van der Waals surface area contributed by atoms with E-state index in [1.54, 1.807) is 6.20 Å². The number of hydrogen-bond acceptors (Lipinski definition) is 3. The van der Waals surface area contributed by atoms with Crippen molar-refractivity contribution in [2.45, 2.75) is 32.9 Å². The topological polar surface area (TPSA) is 61.7 Å². The van der Waals surface area contributed by atoms with Crippen LogP contribution in [0.15, 0.2) is 24.8 Å². The van der Waals surface area contributed by atoms with Gasteiger partial charge in [-0.05, 0) is 6.42 Å². The molecule has 5 heteroatoms. The molecule has 2 N–H and O–H groups in total. The first-order valence-electron chi connectivity index (χ1n) is 5.57. The van der Waals surface area contributed by atoms with Gasteiger partial charge in [-0.2, -0.15) is 5.10 Å². The molecule has 16 heavy (non-hydrogen) atoms. The van der Waals surface area contributed by atoms with Crippen molar-refractivity contribution >= 4 is 5.69 Å². The zero-order valence-electron chi connectivity index (χ0n) is 9.50. The highest BCUT2D eigenvalue weighted by Gasteiger charge is 2.01. The van der Waals surface area contributed by atoms with E-state index in [0.29, 0.717) is 5.69 Å². The summed E-state index contributed by atoms with van der Waals surface area (Å²) in [5, 5.41) is 4.15. The number of aryl methyl sites for hydroxylation is 3. The van der Waals surface area contributed by atoms with Crippen LogP contribution < -0.4 is 5.73 Å². The first kappa shape index (κ1) is 10.7. The van der Waals surface area contributed by atoms with E-state index in [4.69, 9.17) is 5.73 Å². The smallest absolute Gasteiger partial charge is 0.108 e. The quantitative estimate of drug-likeness (QED) is 0.824. The molecule has 0 saturated heterocycles. The van der Waals surface area contributed by atoms with Gasteiger partial charge in [-0.3, -0.25) is 4.68 Å². The van der Waals surface area contributed by atoms with Crippen molar-refractivity contribution in [3.8, 4) is 0 Å². The van der Waals surface area contributed by atoms with E-state index < -0.39 is 0 Å². The summed E-state index contributed by atoms with van der Waals surface area (Å²) in [7, 11) is 0. The third-order valence-corrected chi connectivity index (χ3v) is 2.50. The highest BCUT2D eigenvalue weighted by Crippen LogP contribution is 2.03. The Balaban J connectivity index is 1.96. The van der Waals surface area contributed by atoms with Crippen molar-refractivity contribution in [1.29, 1.82) is 0 Å². The lowest BCUT2D eigenvalue weighted by atomic mass is 10.3. The fourth-order valence-electron chi connectivity index (χ4n) is 1.71. The van der Waals surface area contributed by atoms with Crippen LogP contribution in [0.2, 0.25) is 0 Å². The standard InChI is InChI=1S/C11H17N5/c1-2-3-11-13-4-5-15(11)6-7-16-9-10(12)8-14-16/h4-5,8-9H,2-3,6-7,12H2,1H3. The molecular weight excluding hydrogens is 202 g/mol. The summed E-state index contributed by atoms with van der Waals surface area (Å²) in [6.07, 6.45) is 9.51. The summed E-state index contributed by atoms with van der Waals surface area (Å²) in [5.74, 6) is 1.14. The second kappa shape index (κ2) is 4.83. The maximum atomic E-state index is 5.60. The van der Waals surface area contributed by atoms with Gasteiger partial charge in [0, 0.05) is 31.6 Å². The van der Waals surface area contributed by atoms with Gasteiger partial charge in [0.05, 0.1) is 18.4 Å². The van der Waals surface area contributed by atoms with Crippen LogP contribution in [0.5, 0.6) is 0 Å². The average molecular weight is 219 g/mol. The Morgan fingerprint density at radius 3 is 2.94 bits per heavy atom. The number of hydrogen-bond donors (Lipinski definition) is 1. The zero-order valence-corrected chi connectivity index (χ0v) is 9.50. The molecular formula is C11H17N5. The van der Waals surface area contributed by atoms with E-state index in [-0.39, 0.29) is 0 Å². The number of anilines is 1. The minimum Gasteiger partial charge on any atom is -0.396 e. The Kier molecular flexibility index (Phi) is 3.24. The number of aromatic nitrogens is 4. The normalized spacial score (nSPS) is 10.8. The summed E-state index contributed by atoms with van der Waals surface area (Å²) in [6, 6.07) is 0. The summed E-state index contributed by atoms with van der Waals surface area (Å²) in [5.41, 5.74) is 6.31. The van der Waals surface area contributed by atoms with Gasteiger partial charge < -0.3 is 10.3 Å². The van der Waals surface area contributed by atoms with Crippen LogP contribution in [0, 0.1) is 0 Å². The number of rotatable bonds is 5. The molecule has 86 valence electrons. The first-order chi connectivity index (χ1) is 7.79. The molecule has 0 fully saturated rings. The van der Waals surface area contributed by atoms with Gasteiger partial charge in [0.1, 0.15) is 5.82 Å². The maximum Gasteiger partial charge on any atom is 0.108 e. The predicted molar refractivity (Wildman–Crippen MR) is 62.9 cm³/mol. The molecule has 0 saturated carbocycles. The Labute approximate surface area is 94.9 Å². The molecule has 2 aromatic rings. The van der Waals surface area contributed by atoms with Crippen LogP contribution in [0.1, 0.15) is 19.2 Å². The zero-order chi connectivity index (χ0) is 11.4. The van der Waals surface area contributed by atoms with Gasteiger partial charge in [0.15, 0.2) is 0 Å². The monoisotopic (exact) mass is 219 g/mol. The lowest BCUT2D eigenvalue weighted by molar-refractivity contribution is 0.518. The van der Waals surface area contributed by atoms with E-state index in [1.807, 2.05) is 23.3 Å². The van der Waals surface area contributed by atoms with Crippen LogP contribution in [0.3, 0.4) is 0 Å². The minimum atomic E-state index is 0.708. The molecule has 0 aliphatic heterocycles.